The Hall–Kier alpha value is -0.711. The molecule has 2 rings (SSSR count). The van der Waals surface area contributed by atoms with E-state index in [9.17, 15) is 19.1 Å². The maximum atomic E-state index is 14.1. The predicted octanol–water partition coefficient (Wildman–Crippen LogP) is -1.33. The zero-order chi connectivity index (χ0) is 15.9. The van der Waals surface area contributed by atoms with Gasteiger partial charge in [-0.05, 0) is 0 Å². The van der Waals surface area contributed by atoms with Crippen LogP contribution in [0.25, 0.3) is 0 Å². The number of hydrogen-bond acceptors (Lipinski definition) is 5. The quantitative estimate of drug-likeness (QED) is 0.537. The number of halogens is 1. The molecule has 7 nitrogen and oxygen atoms in total. The van der Waals surface area contributed by atoms with Gasteiger partial charge in [-0.2, -0.15) is 0 Å². The van der Waals surface area contributed by atoms with Gasteiger partial charge in [0.05, 0.1) is 0 Å². The topological polar surface area (TPSA) is 105 Å². The number of alkyl halides is 1. The van der Waals surface area contributed by atoms with Crippen molar-refractivity contribution in [2.24, 2.45) is 0 Å². The van der Waals surface area contributed by atoms with Gasteiger partial charge in [0.2, 0.25) is 0 Å². The van der Waals surface area contributed by atoms with Crippen LogP contribution in [0.5, 0.6) is 0 Å². The Morgan fingerprint density at radius 1 is 1.43 bits per heavy atom. The molecule has 0 saturated carbocycles. The summed E-state index contributed by atoms with van der Waals surface area (Å²) in [4.78, 5) is 31.9. The van der Waals surface area contributed by atoms with E-state index in [4.69, 9.17) is 9.84 Å². The Morgan fingerprint density at radius 3 is 2.52 bits per heavy atom. The first kappa shape index (κ1) is 16.7. The first-order valence-electron chi connectivity index (χ1n) is 6.61. The van der Waals surface area contributed by atoms with E-state index in [1.54, 1.807) is 0 Å². The Balaban J connectivity index is 2.50. The molecule has 1 fully saturated rings. The number of nitrogens with zero attached hydrogens (tertiary/aromatic N) is 1. The van der Waals surface area contributed by atoms with E-state index in [0.717, 1.165) is 4.57 Å². The molecule has 1 aromatic rings. The number of hydrogen-bond donors (Lipinski definition) is 3. The minimum atomic E-state index is -2.80. The van der Waals surface area contributed by atoms with Gasteiger partial charge >= 0.3 is 124 Å². The van der Waals surface area contributed by atoms with Gasteiger partial charge < -0.3 is 0 Å². The average molecular weight is 409 g/mol. The SMILES string of the molecule is [CH3][Sn]([CH3])([CH3])[c]1cn(C2OC(CO)C(O)C2F)c(=O)[nH]c1=O. The molecule has 0 radical (unpaired) electrons. The number of aromatic amines is 1. The van der Waals surface area contributed by atoms with Crippen molar-refractivity contribution in [3.05, 3.63) is 27.0 Å². The minimum absolute atomic E-state index is 0.452. The molecule has 21 heavy (non-hydrogen) atoms. The second-order valence-electron chi connectivity index (χ2n) is 6.14. The van der Waals surface area contributed by atoms with E-state index in [2.05, 4.69) is 4.98 Å². The summed E-state index contributed by atoms with van der Waals surface area (Å²) in [5.74, 6) is 0. The molecule has 118 valence electrons. The molecule has 9 heteroatoms. The van der Waals surface area contributed by atoms with Gasteiger partial charge in [0, 0.05) is 0 Å². The molecule has 1 aliphatic rings. The van der Waals surface area contributed by atoms with Gasteiger partial charge in [0.1, 0.15) is 0 Å². The first-order chi connectivity index (χ1) is 9.66. The Labute approximate surface area is 124 Å². The molecule has 4 unspecified atom stereocenters. The molecule has 4 atom stereocenters. The molecule has 1 saturated heterocycles. The Bertz CT molecular complexity index is 638. The van der Waals surface area contributed by atoms with E-state index in [1.807, 2.05) is 14.8 Å². The van der Waals surface area contributed by atoms with Gasteiger partial charge in [0.15, 0.2) is 0 Å². The van der Waals surface area contributed by atoms with E-state index in [0.29, 0.717) is 3.58 Å². The van der Waals surface area contributed by atoms with Crippen molar-refractivity contribution in [3.8, 4) is 0 Å². The van der Waals surface area contributed by atoms with Crippen LogP contribution in [0.2, 0.25) is 14.8 Å². The van der Waals surface area contributed by atoms with Crippen molar-refractivity contribution in [2.45, 2.75) is 39.4 Å². The Kier molecular flexibility index (Phi) is 4.62. The summed E-state index contributed by atoms with van der Waals surface area (Å²) < 4.78 is 20.8. The van der Waals surface area contributed by atoms with Crippen LogP contribution < -0.4 is 14.8 Å². The maximum absolute atomic E-state index is 14.1. The second-order valence-corrected chi connectivity index (χ2v) is 20.5. The Morgan fingerprint density at radius 2 is 2.05 bits per heavy atom. The summed E-state index contributed by atoms with van der Waals surface area (Å²) in [5.41, 5.74) is -1.25. The van der Waals surface area contributed by atoms with Gasteiger partial charge in [-0.15, -0.1) is 0 Å². The molecule has 1 aliphatic heterocycles. The van der Waals surface area contributed by atoms with E-state index in [-0.39, 0.29) is 0 Å². The summed E-state index contributed by atoms with van der Waals surface area (Å²) >= 11 is -2.80. The molecule has 0 spiro atoms. The predicted molar refractivity (Wildman–Crippen MR) is 76.2 cm³/mol. The van der Waals surface area contributed by atoms with Crippen LogP contribution in [0.1, 0.15) is 6.23 Å². The molecular formula is C12H19FN2O5Sn. The molecular weight excluding hydrogens is 390 g/mol. The number of aliphatic hydroxyl groups is 2. The van der Waals surface area contributed by atoms with Crippen LogP contribution in [0.4, 0.5) is 4.39 Å². The average Bonchev–Trinajstić information content (AvgIpc) is 2.65. The molecule has 0 aromatic carbocycles. The van der Waals surface area contributed by atoms with E-state index in [1.165, 1.54) is 6.20 Å². The summed E-state index contributed by atoms with van der Waals surface area (Å²) in [6.45, 7) is -0.554. The first-order valence-corrected chi connectivity index (χ1v) is 16.6. The molecule has 3 N–H and O–H groups in total. The van der Waals surface area contributed by atoms with Crippen LogP contribution in [0, 0.1) is 0 Å². The number of H-pyrrole nitrogens is 1. The third kappa shape index (κ3) is 3.08. The van der Waals surface area contributed by atoms with Crippen LogP contribution in [0.3, 0.4) is 0 Å². The molecule has 0 amide bonds. The number of ether oxygens (including phenoxy) is 1. The van der Waals surface area contributed by atoms with Gasteiger partial charge in [-0.3, -0.25) is 0 Å². The summed E-state index contributed by atoms with van der Waals surface area (Å²) in [5, 5.41) is 18.7. The van der Waals surface area contributed by atoms with Crippen LogP contribution >= 0.6 is 0 Å². The van der Waals surface area contributed by atoms with Crippen LogP contribution in [-0.2, 0) is 4.74 Å². The molecule has 1 aromatic heterocycles. The molecule has 0 bridgehead atoms. The van der Waals surface area contributed by atoms with Crippen molar-refractivity contribution in [3.63, 3.8) is 0 Å². The number of nitrogens with one attached hydrogen (secondary N) is 1. The third-order valence-electron chi connectivity index (χ3n) is 3.52. The third-order valence-corrected chi connectivity index (χ3v) is 9.15. The summed E-state index contributed by atoms with van der Waals surface area (Å²) in [6.07, 6.45) is -4.48. The van der Waals surface area contributed by atoms with Gasteiger partial charge in [-0.25, -0.2) is 0 Å². The summed E-state index contributed by atoms with van der Waals surface area (Å²) in [7, 11) is 0. The zero-order valence-corrected chi connectivity index (χ0v) is 14.9. The fourth-order valence-corrected chi connectivity index (χ4v) is 5.91. The molecule has 2 heterocycles. The van der Waals surface area contributed by atoms with Crippen molar-refractivity contribution in [1.82, 2.24) is 9.55 Å². The normalized spacial score (nSPS) is 29.8. The second kappa shape index (κ2) is 5.82. The standard InChI is InChI=1S/C9H10FN2O5.3CH3.Sn/c10-6-7(15)4(3-13)17-8(6)12-2-1-5(14)11-9(12)16;;;;/h2,4,6-8,13,15H,3H2,(H,11,14,16);3*1H3;. The van der Waals surface area contributed by atoms with E-state index < -0.39 is 60.8 Å². The van der Waals surface area contributed by atoms with Crippen molar-refractivity contribution in [1.29, 1.82) is 0 Å². The number of aromatic nitrogens is 2. The monoisotopic (exact) mass is 410 g/mol. The fraction of sp³-hybridized carbons (Fsp3) is 0.667. The van der Waals surface area contributed by atoms with E-state index >= 15 is 0 Å². The van der Waals surface area contributed by atoms with Crippen molar-refractivity contribution in [2.75, 3.05) is 6.61 Å². The van der Waals surface area contributed by atoms with Crippen molar-refractivity contribution >= 4 is 22.0 Å². The van der Waals surface area contributed by atoms with Gasteiger partial charge in [0.25, 0.3) is 0 Å². The van der Waals surface area contributed by atoms with Crippen molar-refractivity contribution < 1.29 is 19.3 Å². The van der Waals surface area contributed by atoms with Crippen LogP contribution in [0.15, 0.2) is 15.8 Å². The number of rotatable bonds is 3. The number of aliphatic hydroxyl groups excluding tert-OH is 2. The fourth-order valence-electron chi connectivity index (χ4n) is 2.29. The zero-order valence-electron chi connectivity index (χ0n) is 12.0. The summed E-state index contributed by atoms with van der Waals surface area (Å²) in [6, 6.07) is 0. The molecule has 0 aliphatic carbocycles. The van der Waals surface area contributed by atoms with Gasteiger partial charge in [-0.1, -0.05) is 0 Å². The van der Waals surface area contributed by atoms with Crippen LogP contribution in [-0.4, -0.2) is 63.1 Å².